The quantitative estimate of drug-likeness (QED) is 0.616. The molecule has 100 valence electrons. The van der Waals surface area contributed by atoms with Gasteiger partial charge in [0.25, 0.3) is 0 Å². The van der Waals surface area contributed by atoms with Crippen LogP contribution in [0.5, 0.6) is 0 Å². The number of carbonyl (C=O) groups excluding carboxylic acids is 1. The van der Waals surface area contributed by atoms with E-state index < -0.39 is 11.7 Å². The molecular weight excluding hydrogens is 243 g/mol. The lowest BCUT2D eigenvalue weighted by molar-refractivity contribution is -0.137. The van der Waals surface area contributed by atoms with Crippen molar-refractivity contribution in [1.29, 1.82) is 0 Å². The lowest BCUT2D eigenvalue weighted by Gasteiger charge is -2.13. The van der Waals surface area contributed by atoms with Gasteiger partial charge in [0.2, 0.25) is 6.41 Å². The van der Waals surface area contributed by atoms with Crippen molar-refractivity contribution in [3.8, 4) is 0 Å². The summed E-state index contributed by atoms with van der Waals surface area (Å²) in [4.78, 5) is 10.0. The van der Waals surface area contributed by atoms with Gasteiger partial charge in [0.05, 0.1) is 5.56 Å². The summed E-state index contributed by atoms with van der Waals surface area (Å²) < 4.78 is 37.1. The van der Waals surface area contributed by atoms with E-state index >= 15 is 0 Å². The molecule has 1 amide bonds. The van der Waals surface area contributed by atoms with E-state index in [1.54, 1.807) is 0 Å². The van der Waals surface area contributed by atoms with Crippen molar-refractivity contribution in [3.05, 3.63) is 35.4 Å². The minimum Gasteiger partial charge on any atom is -0.359 e. The molecule has 0 spiro atoms. The van der Waals surface area contributed by atoms with Crippen molar-refractivity contribution in [1.82, 2.24) is 5.32 Å². The highest BCUT2D eigenvalue weighted by Crippen LogP contribution is 2.30. The normalized spacial score (nSPS) is 13.1. The van der Waals surface area contributed by atoms with Crippen LogP contribution in [0.15, 0.2) is 24.3 Å². The van der Waals surface area contributed by atoms with Crippen LogP contribution in [0.3, 0.4) is 0 Å². The van der Waals surface area contributed by atoms with Gasteiger partial charge in [-0.05, 0) is 36.5 Å². The highest BCUT2D eigenvalue weighted by atomic mass is 19.4. The van der Waals surface area contributed by atoms with E-state index in [1.165, 1.54) is 12.1 Å². The number of hydrogen-bond donors (Lipinski definition) is 1. The zero-order chi connectivity index (χ0) is 13.6. The van der Waals surface area contributed by atoms with Crippen LogP contribution in [0.2, 0.25) is 0 Å². The standard InChI is InChI=1S/C13H16F3NO/c1-10(3-2-8-17-9-18)11-4-6-12(7-5-11)13(14,15)16/h4-7,9-10H,2-3,8H2,1H3,(H,17,18). The number of hydrogen-bond acceptors (Lipinski definition) is 1. The fourth-order valence-electron chi connectivity index (χ4n) is 1.74. The molecule has 1 aromatic carbocycles. The van der Waals surface area contributed by atoms with Crippen LogP contribution in [-0.2, 0) is 11.0 Å². The van der Waals surface area contributed by atoms with Crippen molar-refractivity contribution in [2.24, 2.45) is 0 Å². The molecule has 0 aliphatic rings. The summed E-state index contributed by atoms with van der Waals surface area (Å²) in [6.07, 6.45) is -2.01. The third-order valence-electron chi connectivity index (χ3n) is 2.85. The second kappa shape index (κ2) is 6.42. The zero-order valence-electron chi connectivity index (χ0n) is 10.1. The first kappa shape index (κ1) is 14.5. The average Bonchev–Trinajstić information content (AvgIpc) is 2.33. The van der Waals surface area contributed by atoms with Crippen molar-refractivity contribution in [3.63, 3.8) is 0 Å². The van der Waals surface area contributed by atoms with Crippen molar-refractivity contribution in [2.45, 2.75) is 31.9 Å². The SMILES string of the molecule is CC(CCCNC=O)c1ccc(C(F)(F)F)cc1. The Morgan fingerprint density at radius 3 is 2.39 bits per heavy atom. The molecule has 1 N–H and O–H groups in total. The third-order valence-corrected chi connectivity index (χ3v) is 2.85. The van der Waals surface area contributed by atoms with E-state index in [1.807, 2.05) is 6.92 Å². The van der Waals surface area contributed by atoms with Gasteiger partial charge in [0.1, 0.15) is 0 Å². The van der Waals surface area contributed by atoms with E-state index in [-0.39, 0.29) is 5.92 Å². The Labute approximate surface area is 104 Å². The van der Waals surface area contributed by atoms with Gasteiger partial charge in [0.15, 0.2) is 0 Å². The highest BCUT2D eigenvalue weighted by Gasteiger charge is 2.30. The molecule has 1 unspecified atom stereocenters. The summed E-state index contributed by atoms with van der Waals surface area (Å²) in [5.74, 6) is 0.181. The van der Waals surface area contributed by atoms with E-state index in [2.05, 4.69) is 5.32 Å². The van der Waals surface area contributed by atoms with Crippen LogP contribution in [0.1, 0.15) is 36.8 Å². The lowest BCUT2D eigenvalue weighted by Crippen LogP contribution is -2.12. The Balaban J connectivity index is 2.54. The first-order chi connectivity index (χ1) is 8.45. The minimum absolute atomic E-state index is 0.181. The first-order valence-electron chi connectivity index (χ1n) is 5.79. The fourth-order valence-corrected chi connectivity index (χ4v) is 1.74. The lowest BCUT2D eigenvalue weighted by atomic mass is 9.95. The predicted molar refractivity (Wildman–Crippen MR) is 63.2 cm³/mol. The Morgan fingerprint density at radius 1 is 1.28 bits per heavy atom. The van der Waals surface area contributed by atoms with Gasteiger partial charge < -0.3 is 5.32 Å². The molecule has 0 aliphatic heterocycles. The molecule has 18 heavy (non-hydrogen) atoms. The van der Waals surface area contributed by atoms with Crippen LogP contribution in [-0.4, -0.2) is 13.0 Å². The third kappa shape index (κ3) is 4.39. The minimum atomic E-state index is -4.28. The van der Waals surface area contributed by atoms with Crippen LogP contribution in [0, 0.1) is 0 Å². The first-order valence-corrected chi connectivity index (χ1v) is 5.79. The molecule has 5 heteroatoms. The Hall–Kier alpha value is -1.52. The Morgan fingerprint density at radius 2 is 1.89 bits per heavy atom. The molecule has 0 bridgehead atoms. The number of nitrogens with one attached hydrogen (secondary N) is 1. The maximum absolute atomic E-state index is 12.4. The van der Waals surface area contributed by atoms with E-state index in [4.69, 9.17) is 0 Å². The molecule has 0 fully saturated rings. The second-order valence-corrected chi connectivity index (χ2v) is 4.24. The molecule has 0 aliphatic carbocycles. The van der Waals surface area contributed by atoms with Gasteiger partial charge in [-0.25, -0.2) is 0 Å². The predicted octanol–water partition coefficient (Wildman–Crippen LogP) is 3.34. The topological polar surface area (TPSA) is 29.1 Å². The van der Waals surface area contributed by atoms with Gasteiger partial charge in [0, 0.05) is 6.54 Å². The summed E-state index contributed by atoms with van der Waals surface area (Å²) in [5, 5.41) is 2.55. The van der Waals surface area contributed by atoms with E-state index in [0.717, 1.165) is 30.5 Å². The number of amides is 1. The number of halogens is 3. The molecule has 0 saturated carbocycles. The van der Waals surface area contributed by atoms with Gasteiger partial charge in [-0.3, -0.25) is 4.79 Å². The molecule has 1 atom stereocenters. The molecule has 1 aromatic rings. The van der Waals surface area contributed by atoms with Crippen molar-refractivity contribution in [2.75, 3.05) is 6.54 Å². The monoisotopic (exact) mass is 259 g/mol. The maximum atomic E-state index is 12.4. The van der Waals surface area contributed by atoms with Gasteiger partial charge in [-0.2, -0.15) is 13.2 Å². The summed E-state index contributed by atoms with van der Waals surface area (Å²) in [6.45, 7) is 2.55. The maximum Gasteiger partial charge on any atom is 0.416 e. The summed E-state index contributed by atoms with van der Waals surface area (Å²) in [6, 6.07) is 5.24. The molecule has 0 saturated heterocycles. The summed E-state index contributed by atoms with van der Waals surface area (Å²) in [7, 11) is 0. The van der Waals surface area contributed by atoms with Crippen LogP contribution in [0.25, 0.3) is 0 Å². The van der Waals surface area contributed by atoms with Gasteiger partial charge in [-0.1, -0.05) is 19.1 Å². The largest absolute Gasteiger partial charge is 0.416 e. The molecular formula is C13H16F3NO. The Bertz CT molecular complexity index is 373. The molecule has 1 rings (SSSR count). The Kier molecular flexibility index (Phi) is 5.19. The van der Waals surface area contributed by atoms with Gasteiger partial charge in [-0.15, -0.1) is 0 Å². The van der Waals surface area contributed by atoms with E-state index in [0.29, 0.717) is 13.0 Å². The van der Waals surface area contributed by atoms with Crippen molar-refractivity contribution >= 4 is 6.41 Å². The van der Waals surface area contributed by atoms with E-state index in [9.17, 15) is 18.0 Å². The van der Waals surface area contributed by atoms with Crippen LogP contribution in [0.4, 0.5) is 13.2 Å². The van der Waals surface area contributed by atoms with Gasteiger partial charge >= 0.3 is 6.18 Å². The summed E-state index contributed by atoms with van der Waals surface area (Å²) >= 11 is 0. The average molecular weight is 259 g/mol. The van der Waals surface area contributed by atoms with Crippen molar-refractivity contribution < 1.29 is 18.0 Å². The number of alkyl halides is 3. The smallest absolute Gasteiger partial charge is 0.359 e. The molecule has 2 nitrogen and oxygen atoms in total. The second-order valence-electron chi connectivity index (χ2n) is 4.24. The number of carbonyl (C=O) groups is 1. The number of rotatable bonds is 6. The van der Waals surface area contributed by atoms with Crippen LogP contribution < -0.4 is 5.32 Å². The molecule has 0 aromatic heterocycles. The number of benzene rings is 1. The highest BCUT2D eigenvalue weighted by molar-refractivity contribution is 5.45. The molecule has 0 heterocycles. The fraction of sp³-hybridized carbons (Fsp3) is 0.462. The molecule has 0 radical (unpaired) electrons. The zero-order valence-corrected chi connectivity index (χ0v) is 10.1. The van der Waals surface area contributed by atoms with Crippen LogP contribution >= 0.6 is 0 Å². The summed E-state index contributed by atoms with van der Waals surface area (Å²) in [5.41, 5.74) is 0.259.